The van der Waals surface area contributed by atoms with Crippen molar-refractivity contribution in [3.8, 4) is 11.5 Å². The summed E-state index contributed by atoms with van der Waals surface area (Å²) in [5.41, 5.74) is 2.37. The van der Waals surface area contributed by atoms with E-state index in [1.54, 1.807) is 23.6 Å². The van der Waals surface area contributed by atoms with E-state index in [0.29, 0.717) is 28.8 Å². The molecule has 1 N–H and O–H groups in total. The molecule has 1 aromatic heterocycles. The van der Waals surface area contributed by atoms with E-state index in [1.165, 1.54) is 11.3 Å². The van der Waals surface area contributed by atoms with Crippen LogP contribution in [0.2, 0.25) is 0 Å². The lowest BCUT2D eigenvalue weighted by molar-refractivity contribution is -0.147. The maximum Gasteiger partial charge on any atom is 0.344 e. The van der Waals surface area contributed by atoms with Crippen LogP contribution in [0.1, 0.15) is 23.2 Å². The Morgan fingerprint density at radius 3 is 2.48 bits per heavy atom. The molecule has 0 aliphatic carbocycles. The fraction of sp³-hybridized carbons (Fsp3) is 0.261. The predicted molar refractivity (Wildman–Crippen MR) is 119 cm³/mol. The van der Waals surface area contributed by atoms with E-state index in [-0.39, 0.29) is 25.5 Å². The van der Waals surface area contributed by atoms with Crippen LogP contribution in [0.15, 0.2) is 53.9 Å². The Kier molecular flexibility index (Phi) is 8.00. The highest BCUT2D eigenvalue weighted by Crippen LogP contribution is 2.26. The monoisotopic (exact) mass is 440 g/mol. The van der Waals surface area contributed by atoms with Crippen LogP contribution in [0, 0.1) is 6.92 Å². The van der Waals surface area contributed by atoms with Crippen LogP contribution >= 0.6 is 11.3 Å². The van der Waals surface area contributed by atoms with Crippen LogP contribution in [0.25, 0.3) is 0 Å². The number of rotatable bonds is 10. The van der Waals surface area contributed by atoms with Crippen molar-refractivity contribution in [2.24, 2.45) is 0 Å². The number of aromatic nitrogens is 1. The molecule has 0 bridgehead atoms. The lowest BCUT2D eigenvalue weighted by atomic mass is 10.2. The van der Waals surface area contributed by atoms with Crippen molar-refractivity contribution >= 4 is 28.9 Å². The van der Waals surface area contributed by atoms with E-state index in [2.05, 4.69) is 10.3 Å². The number of amides is 1. The number of nitrogens with zero attached hydrogens (tertiary/aromatic N) is 1. The van der Waals surface area contributed by atoms with Gasteiger partial charge in [-0.25, -0.2) is 9.78 Å². The van der Waals surface area contributed by atoms with Gasteiger partial charge < -0.3 is 19.5 Å². The number of para-hydroxylation sites is 3. The number of hydrogen-bond donors (Lipinski definition) is 1. The molecule has 1 heterocycles. The SMILES string of the molecule is CCOc1ccccc1OCC(=O)OCc1csc(CC(=O)Nc2ccccc2C)n1. The molecule has 0 radical (unpaired) electrons. The van der Waals surface area contributed by atoms with Crippen molar-refractivity contribution < 1.29 is 23.8 Å². The highest BCUT2D eigenvalue weighted by molar-refractivity contribution is 7.09. The minimum absolute atomic E-state index is 0.0191. The van der Waals surface area contributed by atoms with Gasteiger partial charge in [-0.15, -0.1) is 11.3 Å². The quantitative estimate of drug-likeness (QED) is 0.477. The third-order valence-electron chi connectivity index (χ3n) is 4.21. The number of thiazole rings is 1. The maximum absolute atomic E-state index is 12.2. The molecule has 0 spiro atoms. The number of anilines is 1. The lowest BCUT2D eigenvalue weighted by Gasteiger charge is -2.11. The first kappa shape index (κ1) is 22.3. The fourth-order valence-corrected chi connectivity index (χ4v) is 3.50. The highest BCUT2D eigenvalue weighted by atomic mass is 32.1. The van der Waals surface area contributed by atoms with Crippen LogP contribution in [-0.2, 0) is 27.4 Å². The number of ether oxygens (including phenoxy) is 3. The Balaban J connectivity index is 1.44. The summed E-state index contributed by atoms with van der Waals surface area (Å²) in [6.45, 7) is 4.09. The molecular weight excluding hydrogens is 416 g/mol. The normalized spacial score (nSPS) is 10.4. The van der Waals surface area contributed by atoms with E-state index in [0.717, 1.165) is 11.3 Å². The number of esters is 1. The van der Waals surface area contributed by atoms with Crippen LogP contribution < -0.4 is 14.8 Å². The first-order valence-electron chi connectivity index (χ1n) is 9.84. The van der Waals surface area contributed by atoms with Gasteiger partial charge in [-0.3, -0.25) is 4.79 Å². The van der Waals surface area contributed by atoms with Gasteiger partial charge in [0.25, 0.3) is 0 Å². The molecule has 31 heavy (non-hydrogen) atoms. The third kappa shape index (κ3) is 6.82. The van der Waals surface area contributed by atoms with Gasteiger partial charge in [0, 0.05) is 11.1 Å². The molecule has 0 fully saturated rings. The molecule has 0 atom stereocenters. The zero-order valence-corrected chi connectivity index (χ0v) is 18.2. The smallest absolute Gasteiger partial charge is 0.344 e. The van der Waals surface area contributed by atoms with Crippen LogP contribution in [-0.4, -0.2) is 30.1 Å². The molecule has 2 aromatic carbocycles. The Morgan fingerprint density at radius 2 is 1.74 bits per heavy atom. The van der Waals surface area contributed by atoms with Crippen LogP contribution in [0.5, 0.6) is 11.5 Å². The summed E-state index contributed by atoms with van der Waals surface area (Å²) in [4.78, 5) is 28.6. The van der Waals surface area contributed by atoms with E-state index >= 15 is 0 Å². The number of nitrogens with one attached hydrogen (secondary N) is 1. The molecule has 1 amide bonds. The van der Waals surface area contributed by atoms with Gasteiger partial charge in [0.1, 0.15) is 11.6 Å². The van der Waals surface area contributed by atoms with Crippen LogP contribution in [0.3, 0.4) is 0 Å². The van der Waals surface area contributed by atoms with Gasteiger partial charge in [-0.2, -0.15) is 0 Å². The first-order valence-corrected chi connectivity index (χ1v) is 10.7. The zero-order chi connectivity index (χ0) is 22.1. The van der Waals surface area contributed by atoms with Crippen molar-refractivity contribution in [1.82, 2.24) is 4.98 Å². The van der Waals surface area contributed by atoms with Crippen molar-refractivity contribution in [3.63, 3.8) is 0 Å². The van der Waals surface area contributed by atoms with Gasteiger partial charge in [-0.05, 0) is 37.6 Å². The van der Waals surface area contributed by atoms with Crippen molar-refractivity contribution in [2.75, 3.05) is 18.5 Å². The second kappa shape index (κ2) is 11.1. The van der Waals surface area contributed by atoms with Crippen LogP contribution in [0.4, 0.5) is 5.69 Å². The molecule has 0 saturated heterocycles. The molecule has 0 unspecified atom stereocenters. The highest BCUT2D eigenvalue weighted by Gasteiger charge is 2.12. The van der Waals surface area contributed by atoms with Crippen molar-refractivity contribution in [1.29, 1.82) is 0 Å². The summed E-state index contributed by atoms with van der Waals surface area (Å²) >= 11 is 1.35. The minimum atomic E-state index is -0.516. The van der Waals surface area contributed by atoms with E-state index in [9.17, 15) is 9.59 Å². The topological polar surface area (TPSA) is 86.8 Å². The summed E-state index contributed by atoms with van der Waals surface area (Å²) < 4.78 is 16.2. The van der Waals surface area contributed by atoms with E-state index in [4.69, 9.17) is 14.2 Å². The summed E-state index contributed by atoms with van der Waals surface area (Å²) in [5.74, 6) is 0.398. The summed E-state index contributed by atoms with van der Waals surface area (Å²) in [7, 11) is 0. The predicted octanol–water partition coefficient (Wildman–Crippen LogP) is 4.15. The second-order valence-corrected chi connectivity index (χ2v) is 7.54. The number of benzene rings is 2. The number of aryl methyl sites for hydroxylation is 1. The molecular formula is C23H24N2O5S. The first-order chi connectivity index (χ1) is 15.0. The Labute approximate surface area is 185 Å². The van der Waals surface area contributed by atoms with Gasteiger partial charge in [-0.1, -0.05) is 30.3 Å². The van der Waals surface area contributed by atoms with E-state index < -0.39 is 5.97 Å². The molecule has 8 heteroatoms. The fourth-order valence-electron chi connectivity index (χ4n) is 2.72. The Bertz CT molecular complexity index is 1030. The summed E-state index contributed by atoms with van der Waals surface area (Å²) in [5, 5.41) is 5.30. The largest absolute Gasteiger partial charge is 0.490 e. The summed E-state index contributed by atoms with van der Waals surface area (Å²) in [6.07, 6.45) is 0.157. The van der Waals surface area contributed by atoms with Crippen molar-refractivity contribution in [2.45, 2.75) is 26.9 Å². The number of hydrogen-bond acceptors (Lipinski definition) is 7. The number of carbonyl (C=O) groups is 2. The van der Waals surface area contributed by atoms with Crippen molar-refractivity contribution in [3.05, 3.63) is 70.2 Å². The van der Waals surface area contributed by atoms with Gasteiger partial charge in [0.2, 0.25) is 5.91 Å². The van der Waals surface area contributed by atoms with Gasteiger partial charge in [0.15, 0.2) is 18.1 Å². The van der Waals surface area contributed by atoms with E-state index in [1.807, 2.05) is 44.2 Å². The number of carbonyl (C=O) groups excluding carboxylic acids is 2. The molecule has 3 rings (SSSR count). The second-order valence-electron chi connectivity index (χ2n) is 6.60. The molecule has 7 nitrogen and oxygen atoms in total. The Hall–Kier alpha value is -3.39. The Morgan fingerprint density at radius 1 is 1.03 bits per heavy atom. The average Bonchev–Trinajstić information content (AvgIpc) is 3.20. The van der Waals surface area contributed by atoms with Gasteiger partial charge in [0.05, 0.1) is 18.7 Å². The lowest BCUT2D eigenvalue weighted by Crippen LogP contribution is -2.16. The average molecular weight is 441 g/mol. The molecule has 0 aliphatic heterocycles. The third-order valence-corrected chi connectivity index (χ3v) is 5.10. The maximum atomic E-state index is 12.2. The van der Waals surface area contributed by atoms with Gasteiger partial charge >= 0.3 is 5.97 Å². The zero-order valence-electron chi connectivity index (χ0n) is 17.4. The summed E-state index contributed by atoms with van der Waals surface area (Å²) in [6, 6.07) is 14.7. The molecule has 0 saturated carbocycles. The molecule has 0 aliphatic rings. The molecule has 162 valence electrons. The molecule has 3 aromatic rings. The minimum Gasteiger partial charge on any atom is -0.490 e. The standard InChI is InChI=1S/C23H24N2O5S/c1-3-28-19-10-6-7-11-20(19)29-14-23(27)30-13-17-15-31-22(24-17)12-21(26)25-18-9-5-4-8-16(18)2/h4-11,15H,3,12-14H2,1-2H3,(H,25,26).